The van der Waals surface area contributed by atoms with E-state index in [4.69, 9.17) is 0 Å². The molecule has 5 heteroatoms. The summed E-state index contributed by atoms with van der Waals surface area (Å²) in [6.07, 6.45) is -4.38. The molecule has 0 aromatic heterocycles. The van der Waals surface area contributed by atoms with Gasteiger partial charge >= 0.3 is 6.18 Å². The summed E-state index contributed by atoms with van der Waals surface area (Å²) < 4.78 is 37.5. The summed E-state index contributed by atoms with van der Waals surface area (Å²) in [5.74, 6) is -0.0186. The van der Waals surface area contributed by atoms with Crippen molar-refractivity contribution in [3.05, 3.63) is 54.1 Å². The number of para-hydroxylation sites is 2. The van der Waals surface area contributed by atoms with Crippen LogP contribution in [-0.2, 0) is 6.18 Å². The Bertz CT molecular complexity index is 552. The molecule has 0 saturated carbocycles. The fourth-order valence-corrected chi connectivity index (χ4v) is 1.51. The number of phenolic OH excluding ortho intramolecular Hbond substituents is 1. The third-order valence-electron chi connectivity index (χ3n) is 2.37. The highest BCUT2D eigenvalue weighted by atomic mass is 19.4. The van der Waals surface area contributed by atoms with E-state index in [1.807, 2.05) is 0 Å². The van der Waals surface area contributed by atoms with Gasteiger partial charge in [-0.05, 0) is 30.3 Å². The van der Waals surface area contributed by atoms with Crippen LogP contribution >= 0.6 is 0 Å². The van der Waals surface area contributed by atoms with Crippen molar-refractivity contribution in [3.63, 3.8) is 0 Å². The molecule has 0 fully saturated rings. The minimum atomic E-state index is -4.38. The molecule has 0 unspecified atom stereocenters. The smallest absolute Gasteiger partial charge is 0.416 e. The van der Waals surface area contributed by atoms with Crippen LogP contribution in [0, 0.1) is 0 Å². The van der Waals surface area contributed by atoms with Crippen molar-refractivity contribution in [2.75, 3.05) is 5.32 Å². The molecule has 2 N–H and O–H groups in total. The minimum absolute atomic E-state index is 0.0186. The molecule has 0 bridgehead atoms. The van der Waals surface area contributed by atoms with E-state index in [2.05, 4.69) is 5.32 Å². The molecule has 0 radical (unpaired) electrons. The van der Waals surface area contributed by atoms with E-state index >= 15 is 0 Å². The maximum absolute atomic E-state index is 12.5. The van der Waals surface area contributed by atoms with Crippen molar-refractivity contribution in [3.8, 4) is 5.75 Å². The summed E-state index contributed by atoms with van der Waals surface area (Å²) in [6.45, 7) is 0. The molecule has 18 heavy (non-hydrogen) atoms. The average Bonchev–Trinajstić information content (AvgIpc) is 2.31. The lowest BCUT2D eigenvalue weighted by Crippen LogP contribution is -2.05. The standard InChI is InChI=1S/C13H10F3NO/c14-13(15,16)9-4-3-5-10(8-9)17-11-6-1-2-7-12(11)18/h1-8,17-18H. The van der Waals surface area contributed by atoms with E-state index in [0.29, 0.717) is 5.69 Å². The van der Waals surface area contributed by atoms with Gasteiger partial charge in [-0.15, -0.1) is 0 Å². The first kappa shape index (κ1) is 12.3. The third-order valence-corrected chi connectivity index (χ3v) is 2.37. The van der Waals surface area contributed by atoms with E-state index in [9.17, 15) is 18.3 Å². The molecule has 0 aliphatic heterocycles. The Hall–Kier alpha value is -2.17. The number of nitrogens with one attached hydrogen (secondary N) is 1. The van der Waals surface area contributed by atoms with Crippen molar-refractivity contribution in [2.45, 2.75) is 6.18 Å². The number of benzene rings is 2. The Balaban J connectivity index is 2.28. The largest absolute Gasteiger partial charge is 0.506 e. The number of hydrogen-bond donors (Lipinski definition) is 2. The summed E-state index contributed by atoms with van der Waals surface area (Å²) in [7, 11) is 0. The molecule has 2 aromatic carbocycles. The van der Waals surface area contributed by atoms with Gasteiger partial charge in [0.15, 0.2) is 0 Å². The van der Waals surface area contributed by atoms with Crippen molar-refractivity contribution in [1.29, 1.82) is 0 Å². The number of hydrogen-bond acceptors (Lipinski definition) is 2. The molecule has 0 aliphatic rings. The van der Waals surface area contributed by atoms with Gasteiger partial charge in [-0.25, -0.2) is 0 Å². The SMILES string of the molecule is Oc1ccccc1Nc1cccc(C(F)(F)F)c1. The summed E-state index contributed by atoms with van der Waals surface area (Å²) in [5.41, 5.74) is -0.105. The van der Waals surface area contributed by atoms with Crippen molar-refractivity contribution < 1.29 is 18.3 Å². The highest BCUT2D eigenvalue weighted by molar-refractivity contribution is 5.66. The first-order valence-electron chi connectivity index (χ1n) is 5.19. The van der Waals surface area contributed by atoms with Crippen LogP contribution in [0.25, 0.3) is 0 Å². The average molecular weight is 253 g/mol. The molecule has 2 rings (SSSR count). The fraction of sp³-hybridized carbons (Fsp3) is 0.0769. The summed E-state index contributed by atoms with van der Waals surface area (Å²) in [5, 5.41) is 12.3. The minimum Gasteiger partial charge on any atom is -0.506 e. The lowest BCUT2D eigenvalue weighted by atomic mass is 10.2. The van der Waals surface area contributed by atoms with Crippen molar-refractivity contribution >= 4 is 11.4 Å². The van der Waals surface area contributed by atoms with Gasteiger partial charge in [0.25, 0.3) is 0 Å². The molecule has 94 valence electrons. The second-order valence-corrected chi connectivity index (χ2v) is 3.72. The maximum atomic E-state index is 12.5. The molecule has 2 nitrogen and oxygen atoms in total. The number of rotatable bonds is 2. The number of halogens is 3. The molecule has 0 heterocycles. The topological polar surface area (TPSA) is 32.3 Å². The second kappa shape index (κ2) is 4.60. The van der Waals surface area contributed by atoms with Crippen LogP contribution in [0.15, 0.2) is 48.5 Å². The van der Waals surface area contributed by atoms with Crippen LogP contribution < -0.4 is 5.32 Å². The van der Waals surface area contributed by atoms with Crippen LogP contribution in [0.1, 0.15) is 5.56 Å². The molecule has 0 atom stereocenters. The van der Waals surface area contributed by atoms with E-state index in [1.165, 1.54) is 18.2 Å². The van der Waals surface area contributed by atoms with Gasteiger partial charge in [0, 0.05) is 5.69 Å². The van der Waals surface area contributed by atoms with Crippen LogP contribution in [-0.4, -0.2) is 5.11 Å². The summed E-state index contributed by atoms with van der Waals surface area (Å²) in [6, 6.07) is 11.1. The van der Waals surface area contributed by atoms with Gasteiger partial charge < -0.3 is 10.4 Å². The first-order chi connectivity index (χ1) is 8.47. The monoisotopic (exact) mass is 253 g/mol. The second-order valence-electron chi connectivity index (χ2n) is 3.72. The lowest BCUT2D eigenvalue weighted by Gasteiger charge is -2.11. The number of anilines is 2. The molecular formula is C13H10F3NO. The maximum Gasteiger partial charge on any atom is 0.416 e. The molecule has 2 aromatic rings. The Kier molecular flexibility index (Phi) is 3.14. The number of phenols is 1. The van der Waals surface area contributed by atoms with Gasteiger partial charge in [0.1, 0.15) is 5.75 Å². The summed E-state index contributed by atoms with van der Waals surface area (Å²) >= 11 is 0. The number of aromatic hydroxyl groups is 1. The molecule has 0 spiro atoms. The van der Waals surface area contributed by atoms with Gasteiger partial charge in [0.05, 0.1) is 11.3 Å². The first-order valence-corrected chi connectivity index (χ1v) is 5.19. The number of alkyl halides is 3. The molecule has 0 saturated heterocycles. The zero-order valence-electron chi connectivity index (χ0n) is 9.20. The Morgan fingerprint density at radius 2 is 1.67 bits per heavy atom. The highest BCUT2D eigenvalue weighted by Crippen LogP contribution is 2.32. The van der Waals surface area contributed by atoms with E-state index in [1.54, 1.807) is 18.2 Å². The molecule has 0 aliphatic carbocycles. The third kappa shape index (κ3) is 2.74. The zero-order chi connectivity index (χ0) is 13.2. The fourth-order valence-electron chi connectivity index (χ4n) is 1.51. The van der Waals surface area contributed by atoms with Crippen molar-refractivity contribution in [2.24, 2.45) is 0 Å². The Labute approximate surface area is 102 Å². The quantitative estimate of drug-likeness (QED) is 0.788. The molecular weight excluding hydrogens is 243 g/mol. The normalized spacial score (nSPS) is 11.3. The van der Waals surface area contributed by atoms with Crippen molar-refractivity contribution in [1.82, 2.24) is 0 Å². The predicted molar refractivity (Wildman–Crippen MR) is 62.8 cm³/mol. The van der Waals surface area contributed by atoms with Gasteiger partial charge in [-0.1, -0.05) is 18.2 Å². The lowest BCUT2D eigenvalue weighted by molar-refractivity contribution is -0.137. The van der Waals surface area contributed by atoms with Crippen LogP contribution in [0.2, 0.25) is 0 Å². The zero-order valence-corrected chi connectivity index (χ0v) is 9.20. The van der Waals surface area contributed by atoms with Gasteiger partial charge in [-0.2, -0.15) is 13.2 Å². The van der Waals surface area contributed by atoms with E-state index < -0.39 is 11.7 Å². The van der Waals surface area contributed by atoms with E-state index in [0.717, 1.165) is 12.1 Å². The van der Waals surface area contributed by atoms with Crippen LogP contribution in [0.3, 0.4) is 0 Å². The van der Waals surface area contributed by atoms with Crippen LogP contribution in [0.4, 0.5) is 24.5 Å². The predicted octanol–water partition coefficient (Wildman–Crippen LogP) is 4.15. The van der Waals surface area contributed by atoms with Gasteiger partial charge in [-0.3, -0.25) is 0 Å². The Morgan fingerprint density at radius 3 is 2.33 bits per heavy atom. The van der Waals surface area contributed by atoms with E-state index in [-0.39, 0.29) is 11.4 Å². The summed E-state index contributed by atoms with van der Waals surface area (Å²) in [4.78, 5) is 0. The van der Waals surface area contributed by atoms with Crippen LogP contribution in [0.5, 0.6) is 5.75 Å². The van der Waals surface area contributed by atoms with Gasteiger partial charge in [0.2, 0.25) is 0 Å². The highest BCUT2D eigenvalue weighted by Gasteiger charge is 2.30. The Morgan fingerprint density at radius 1 is 0.944 bits per heavy atom. The molecule has 0 amide bonds.